The Morgan fingerprint density at radius 3 is 2.83 bits per heavy atom. The fourth-order valence-corrected chi connectivity index (χ4v) is 2.64. The Labute approximate surface area is 111 Å². The zero-order valence-corrected chi connectivity index (χ0v) is 11.4. The van der Waals surface area contributed by atoms with E-state index in [-0.39, 0.29) is 6.10 Å². The maximum atomic E-state index is 6.17. The highest BCUT2D eigenvalue weighted by Gasteiger charge is 2.25. The van der Waals surface area contributed by atoms with Gasteiger partial charge in [0.1, 0.15) is 0 Å². The van der Waals surface area contributed by atoms with Crippen LogP contribution in [0.2, 0.25) is 0 Å². The van der Waals surface area contributed by atoms with Gasteiger partial charge < -0.3 is 10.1 Å². The van der Waals surface area contributed by atoms with E-state index in [1.54, 1.807) is 0 Å². The number of ether oxygens (including phenoxy) is 1. The minimum absolute atomic E-state index is 0.269. The number of benzene rings is 1. The number of nitrogens with one attached hydrogen (secondary N) is 1. The molecule has 0 aliphatic carbocycles. The highest BCUT2D eigenvalue weighted by Crippen LogP contribution is 2.30. The number of piperidine rings is 1. The molecule has 2 rings (SSSR count). The van der Waals surface area contributed by atoms with Crippen LogP contribution < -0.4 is 5.32 Å². The zero-order valence-electron chi connectivity index (χ0n) is 11.4. The number of unbranched alkanes of at least 4 members (excludes halogenated alkanes) is 1. The summed E-state index contributed by atoms with van der Waals surface area (Å²) in [5.74, 6) is 0.623. The summed E-state index contributed by atoms with van der Waals surface area (Å²) in [5.41, 5.74) is 1.34. The minimum Gasteiger partial charge on any atom is -0.373 e. The molecule has 0 saturated carbocycles. The van der Waals surface area contributed by atoms with Crippen molar-refractivity contribution in [2.45, 2.75) is 38.7 Å². The number of hydrogen-bond donors (Lipinski definition) is 1. The quantitative estimate of drug-likeness (QED) is 0.776. The normalized spacial score (nSPS) is 21.7. The maximum absolute atomic E-state index is 6.17. The number of rotatable bonds is 6. The molecule has 2 heteroatoms. The van der Waals surface area contributed by atoms with Crippen molar-refractivity contribution in [2.24, 2.45) is 5.92 Å². The van der Waals surface area contributed by atoms with Gasteiger partial charge in [0.05, 0.1) is 6.10 Å². The summed E-state index contributed by atoms with van der Waals surface area (Å²) < 4.78 is 6.17. The highest BCUT2D eigenvalue weighted by molar-refractivity contribution is 5.18. The molecule has 18 heavy (non-hydrogen) atoms. The van der Waals surface area contributed by atoms with Gasteiger partial charge in [-0.25, -0.2) is 0 Å². The van der Waals surface area contributed by atoms with Crippen molar-refractivity contribution < 1.29 is 4.74 Å². The molecule has 1 fully saturated rings. The molecule has 1 heterocycles. The first-order valence-electron chi connectivity index (χ1n) is 7.29. The second kappa shape index (κ2) is 7.55. The van der Waals surface area contributed by atoms with Crippen molar-refractivity contribution in [3.63, 3.8) is 0 Å². The third-order valence-electron chi connectivity index (χ3n) is 3.69. The van der Waals surface area contributed by atoms with Gasteiger partial charge in [0.15, 0.2) is 0 Å². The molecule has 0 bridgehead atoms. The fourth-order valence-electron chi connectivity index (χ4n) is 2.64. The lowest BCUT2D eigenvalue weighted by Crippen LogP contribution is -2.34. The van der Waals surface area contributed by atoms with Gasteiger partial charge in [-0.2, -0.15) is 0 Å². The third kappa shape index (κ3) is 3.82. The van der Waals surface area contributed by atoms with Crippen LogP contribution in [0.3, 0.4) is 0 Å². The van der Waals surface area contributed by atoms with Crippen LogP contribution in [0.4, 0.5) is 0 Å². The molecule has 2 unspecified atom stereocenters. The Kier molecular flexibility index (Phi) is 5.69. The molecule has 0 aromatic heterocycles. The van der Waals surface area contributed by atoms with E-state index in [0.29, 0.717) is 5.92 Å². The van der Waals surface area contributed by atoms with Crippen LogP contribution in [0, 0.1) is 5.92 Å². The minimum atomic E-state index is 0.269. The second-order valence-electron chi connectivity index (χ2n) is 5.16. The summed E-state index contributed by atoms with van der Waals surface area (Å²) in [7, 11) is 0. The van der Waals surface area contributed by atoms with E-state index < -0.39 is 0 Å². The molecular formula is C16H25NO. The standard InChI is InChI=1S/C16H25NO/c1-2-3-12-18-16(14-8-5-4-6-9-14)15-10-7-11-17-13-15/h4-6,8-9,15-17H,2-3,7,10-13H2,1H3. The first kappa shape index (κ1) is 13.6. The monoisotopic (exact) mass is 247 g/mol. The first-order valence-corrected chi connectivity index (χ1v) is 7.29. The predicted octanol–water partition coefficient (Wildman–Crippen LogP) is 3.54. The lowest BCUT2D eigenvalue weighted by molar-refractivity contribution is 0.00160. The summed E-state index contributed by atoms with van der Waals surface area (Å²) in [6, 6.07) is 10.7. The molecule has 0 radical (unpaired) electrons. The molecule has 1 aromatic rings. The lowest BCUT2D eigenvalue weighted by Gasteiger charge is -2.31. The van der Waals surface area contributed by atoms with Gasteiger partial charge in [0.2, 0.25) is 0 Å². The maximum Gasteiger partial charge on any atom is 0.0865 e. The van der Waals surface area contributed by atoms with Gasteiger partial charge in [0.25, 0.3) is 0 Å². The third-order valence-corrected chi connectivity index (χ3v) is 3.69. The molecular weight excluding hydrogens is 222 g/mol. The van der Waals surface area contributed by atoms with Gasteiger partial charge in [-0.1, -0.05) is 43.7 Å². The molecule has 2 atom stereocenters. The van der Waals surface area contributed by atoms with Crippen LogP contribution >= 0.6 is 0 Å². The average molecular weight is 247 g/mol. The SMILES string of the molecule is CCCCOC(c1ccccc1)C1CCCNC1. The highest BCUT2D eigenvalue weighted by atomic mass is 16.5. The van der Waals surface area contributed by atoms with Crippen molar-refractivity contribution in [1.82, 2.24) is 5.32 Å². The predicted molar refractivity (Wildman–Crippen MR) is 75.6 cm³/mol. The van der Waals surface area contributed by atoms with E-state index in [9.17, 15) is 0 Å². The van der Waals surface area contributed by atoms with Gasteiger partial charge in [0, 0.05) is 19.1 Å². The molecule has 1 aliphatic rings. The van der Waals surface area contributed by atoms with Crippen LogP contribution in [-0.2, 0) is 4.74 Å². The van der Waals surface area contributed by atoms with E-state index in [1.165, 1.54) is 24.8 Å². The van der Waals surface area contributed by atoms with Crippen LogP contribution in [-0.4, -0.2) is 19.7 Å². The Balaban J connectivity index is 2.01. The molecule has 1 saturated heterocycles. The van der Waals surface area contributed by atoms with Gasteiger partial charge >= 0.3 is 0 Å². The van der Waals surface area contributed by atoms with Crippen molar-refractivity contribution in [1.29, 1.82) is 0 Å². The van der Waals surface area contributed by atoms with Gasteiger partial charge in [-0.15, -0.1) is 0 Å². The molecule has 2 nitrogen and oxygen atoms in total. The Morgan fingerprint density at radius 1 is 1.33 bits per heavy atom. The van der Waals surface area contributed by atoms with Crippen LogP contribution in [0.25, 0.3) is 0 Å². The molecule has 1 aliphatic heterocycles. The molecule has 100 valence electrons. The van der Waals surface area contributed by atoms with Crippen molar-refractivity contribution in [3.8, 4) is 0 Å². The Morgan fingerprint density at radius 2 is 2.17 bits per heavy atom. The largest absolute Gasteiger partial charge is 0.373 e. The van der Waals surface area contributed by atoms with E-state index in [0.717, 1.165) is 26.1 Å². The van der Waals surface area contributed by atoms with E-state index in [2.05, 4.69) is 42.6 Å². The van der Waals surface area contributed by atoms with Crippen LogP contribution in [0.1, 0.15) is 44.3 Å². The lowest BCUT2D eigenvalue weighted by atomic mass is 9.89. The smallest absolute Gasteiger partial charge is 0.0865 e. The van der Waals surface area contributed by atoms with E-state index in [1.807, 2.05) is 0 Å². The molecule has 0 amide bonds. The van der Waals surface area contributed by atoms with Crippen molar-refractivity contribution in [2.75, 3.05) is 19.7 Å². The van der Waals surface area contributed by atoms with Crippen LogP contribution in [0.15, 0.2) is 30.3 Å². The fraction of sp³-hybridized carbons (Fsp3) is 0.625. The summed E-state index contributed by atoms with van der Waals surface area (Å²) >= 11 is 0. The Bertz CT molecular complexity index is 319. The Hall–Kier alpha value is -0.860. The molecule has 1 N–H and O–H groups in total. The topological polar surface area (TPSA) is 21.3 Å². The number of hydrogen-bond acceptors (Lipinski definition) is 2. The summed E-state index contributed by atoms with van der Waals surface area (Å²) in [6.07, 6.45) is 5.17. The summed E-state index contributed by atoms with van der Waals surface area (Å²) in [6.45, 7) is 5.34. The van der Waals surface area contributed by atoms with E-state index in [4.69, 9.17) is 4.74 Å². The van der Waals surface area contributed by atoms with Crippen LogP contribution in [0.5, 0.6) is 0 Å². The molecule has 0 spiro atoms. The van der Waals surface area contributed by atoms with Crippen molar-refractivity contribution in [3.05, 3.63) is 35.9 Å². The zero-order chi connectivity index (χ0) is 12.6. The van der Waals surface area contributed by atoms with E-state index >= 15 is 0 Å². The summed E-state index contributed by atoms with van der Waals surface area (Å²) in [5, 5.41) is 3.50. The average Bonchev–Trinajstić information content (AvgIpc) is 2.46. The van der Waals surface area contributed by atoms with Gasteiger partial charge in [-0.3, -0.25) is 0 Å². The van der Waals surface area contributed by atoms with Crippen molar-refractivity contribution >= 4 is 0 Å². The second-order valence-corrected chi connectivity index (χ2v) is 5.16. The van der Waals surface area contributed by atoms with Gasteiger partial charge in [-0.05, 0) is 31.4 Å². The molecule has 1 aromatic carbocycles. The summed E-state index contributed by atoms with van der Waals surface area (Å²) in [4.78, 5) is 0. The first-order chi connectivity index (χ1) is 8.92.